The van der Waals surface area contributed by atoms with Gasteiger partial charge in [0.15, 0.2) is 12.2 Å². The zero-order valence-corrected chi connectivity index (χ0v) is 20.5. The molecule has 0 N–H and O–H groups in total. The van der Waals surface area contributed by atoms with E-state index in [1.807, 2.05) is 48.5 Å². The standard InChI is InChI=1S/C30H24FN3O4/c31-21-11-13-22(14-12-21)33-15-17-34(18-16-33)27(35)19-37-30(36)24-8-4-6-20-5-3-7-23(28(20)24)29-32-25-9-1-2-10-26(25)38-29/h1-14H,15-19H2. The molecule has 0 radical (unpaired) electrons. The number of oxazole rings is 1. The summed E-state index contributed by atoms with van der Waals surface area (Å²) in [6.45, 7) is 1.86. The number of benzene rings is 4. The van der Waals surface area contributed by atoms with Crippen molar-refractivity contribution in [2.75, 3.05) is 37.7 Å². The van der Waals surface area contributed by atoms with E-state index >= 15 is 0 Å². The van der Waals surface area contributed by atoms with Crippen molar-refractivity contribution in [3.05, 3.63) is 96.3 Å². The number of para-hydroxylation sites is 2. The summed E-state index contributed by atoms with van der Waals surface area (Å²) in [4.78, 5) is 34.4. The Labute approximate surface area is 218 Å². The summed E-state index contributed by atoms with van der Waals surface area (Å²) in [7, 11) is 0. The number of carbonyl (C=O) groups is 2. The van der Waals surface area contributed by atoms with Gasteiger partial charge in [-0.05, 0) is 53.9 Å². The van der Waals surface area contributed by atoms with E-state index in [0.717, 1.165) is 16.6 Å². The van der Waals surface area contributed by atoms with Gasteiger partial charge in [-0.3, -0.25) is 4.79 Å². The predicted octanol–water partition coefficient (Wildman–Crippen LogP) is 5.29. The smallest absolute Gasteiger partial charge is 0.339 e. The number of anilines is 1. The molecule has 1 amide bonds. The van der Waals surface area contributed by atoms with Crippen molar-refractivity contribution in [1.82, 2.24) is 9.88 Å². The van der Waals surface area contributed by atoms with E-state index in [1.54, 1.807) is 29.2 Å². The van der Waals surface area contributed by atoms with Gasteiger partial charge in [0.05, 0.1) is 5.56 Å². The Morgan fingerprint density at radius 1 is 0.868 bits per heavy atom. The van der Waals surface area contributed by atoms with Crippen LogP contribution < -0.4 is 4.90 Å². The number of nitrogens with zero attached hydrogens (tertiary/aromatic N) is 3. The number of esters is 1. The molecule has 1 aliphatic rings. The molecule has 0 aliphatic carbocycles. The Balaban J connectivity index is 1.16. The number of aromatic nitrogens is 1. The van der Waals surface area contributed by atoms with Crippen LogP contribution in [0.2, 0.25) is 0 Å². The summed E-state index contributed by atoms with van der Waals surface area (Å²) >= 11 is 0. The van der Waals surface area contributed by atoms with Gasteiger partial charge < -0.3 is 19.0 Å². The molecule has 0 atom stereocenters. The van der Waals surface area contributed by atoms with Gasteiger partial charge in [0.1, 0.15) is 11.3 Å². The minimum absolute atomic E-state index is 0.253. The third kappa shape index (κ3) is 4.56. The number of hydrogen-bond donors (Lipinski definition) is 0. The van der Waals surface area contributed by atoms with Crippen LogP contribution >= 0.6 is 0 Å². The number of fused-ring (bicyclic) bond motifs is 2. The second-order valence-corrected chi connectivity index (χ2v) is 9.12. The first-order valence-electron chi connectivity index (χ1n) is 12.4. The maximum atomic E-state index is 13.2. The van der Waals surface area contributed by atoms with Gasteiger partial charge in [0.2, 0.25) is 5.89 Å². The summed E-state index contributed by atoms with van der Waals surface area (Å²) < 4.78 is 24.7. The molecule has 1 aliphatic heterocycles. The third-order valence-corrected chi connectivity index (χ3v) is 6.80. The number of ether oxygens (including phenoxy) is 1. The number of piperazine rings is 1. The van der Waals surface area contributed by atoms with E-state index in [9.17, 15) is 14.0 Å². The van der Waals surface area contributed by atoms with Crippen LogP contribution in [-0.4, -0.2) is 54.5 Å². The number of halogens is 1. The van der Waals surface area contributed by atoms with Gasteiger partial charge in [-0.25, -0.2) is 14.2 Å². The summed E-state index contributed by atoms with van der Waals surface area (Å²) in [6, 6.07) is 24.8. The van der Waals surface area contributed by atoms with Crippen molar-refractivity contribution in [1.29, 1.82) is 0 Å². The molecular formula is C30H24FN3O4. The average molecular weight is 510 g/mol. The number of carbonyl (C=O) groups excluding carboxylic acids is 2. The van der Waals surface area contributed by atoms with Crippen molar-refractivity contribution >= 4 is 39.4 Å². The fourth-order valence-electron chi connectivity index (χ4n) is 4.84. The first-order valence-corrected chi connectivity index (χ1v) is 12.4. The Hall–Kier alpha value is -4.72. The Morgan fingerprint density at radius 2 is 1.61 bits per heavy atom. The highest BCUT2D eigenvalue weighted by Crippen LogP contribution is 2.33. The first kappa shape index (κ1) is 23.7. The number of amides is 1. The lowest BCUT2D eigenvalue weighted by molar-refractivity contribution is -0.134. The minimum Gasteiger partial charge on any atom is -0.452 e. The van der Waals surface area contributed by atoms with Crippen LogP contribution in [-0.2, 0) is 9.53 Å². The summed E-state index contributed by atoms with van der Waals surface area (Å²) in [5.74, 6) is -0.710. The Morgan fingerprint density at radius 3 is 2.37 bits per heavy atom. The highest BCUT2D eigenvalue weighted by atomic mass is 19.1. The lowest BCUT2D eigenvalue weighted by atomic mass is 9.99. The van der Waals surface area contributed by atoms with Crippen molar-refractivity contribution < 1.29 is 23.1 Å². The second kappa shape index (κ2) is 9.97. The highest BCUT2D eigenvalue weighted by molar-refractivity contribution is 6.10. The van der Waals surface area contributed by atoms with Crippen molar-refractivity contribution in [3.8, 4) is 11.5 Å². The molecule has 38 heavy (non-hydrogen) atoms. The zero-order valence-electron chi connectivity index (χ0n) is 20.5. The molecule has 1 fully saturated rings. The van der Waals surface area contributed by atoms with Crippen molar-refractivity contribution in [3.63, 3.8) is 0 Å². The average Bonchev–Trinajstić information content (AvgIpc) is 3.40. The summed E-state index contributed by atoms with van der Waals surface area (Å²) in [5, 5.41) is 1.49. The Bertz CT molecular complexity index is 1600. The van der Waals surface area contributed by atoms with Gasteiger partial charge in [0.25, 0.3) is 5.91 Å². The lowest BCUT2D eigenvalue weighted by Crippen LogP contribution is -2.49. The van der Waals surface area contributed by atoms with Gasteiger partial charge in [-0.15, -0.1) is 0 Å². The molecule has 0 spiro atoms. The van der Waals surface area contributed by atoms with E-state index in [2.05, 4.69) is 9.88 Å². The molecule has 7 nitrogen and oxygen atoms in total. The molecular weight excluding hydrogens is 485 g/mol. The van der Waals surface area contributed by atoms with Crippen LogP contribution in [0.15, 0.2) is 89.3 Å². The zero-order chi connectivity index (χ0) is 26.1. The van der Waals surface area contributed by atoms with Crippen LogP contribution in [0.4, 0.5) is 10.1 Å². The largest absolute Gasteiger partial charge is 0.452 e. The Kier molecular flexibility index (Phi) is 6.21. The van der Waals surface area contributed by atoms with Gasteiger partial charge in [0, 0.05) is 42.8 Å². The van der Waals surface area contributed by atoms with Crippen LogP contribution in [0, 0.1) is 5.82 Å². The molecule has 2 heterocycles. The molecule has 4 aromatic carbocycles. The molecule has 1 aromatic heterocycles. The maximum Gasteiger partial charge on any atom is 0.339 e. The molecule has 0 unspecified atom stereocenters. The number of hydrogen-bond acceptors (Lipinski definition) is 6. The van der Waals surface area contributed by atoms with E-state index in [1.165, 1.54) is 12.1 Å². The SMILES string of the molecule is O=C(OCC(=O)N1CCN(c2ccc(F)cc2)CC1)c1cccc2cccc(-c3nc4ccccc4o3)c12. The van der Waals surface area contributed by atoms with Gasteiger partial charge >= 0.3 is 5.97 Å². The van der Waals surface area contributed by atoms with Crippen molar-refractivity contribution in [2.45, 2.75) is 0 Å². The minimum atomic E-state index is -0.586. The fourth-order valence-corrected chi connectivity index (χ4v) is 4.84. The summed E-state index contributed by atoms with van der Waals surface area (Å²) in [6.07, 6.45) is 0. The van der Waals surface area contributed by atoms with E-state index in [4.69, 9.17) is 9.15 Å². The normalized spacial score (nSPS) is 13.7. The van der Waals surface area contributed by atoms with E-state index in [-0.39, 0.29) is 18.3 Å². The van der Waals surface area contributed by atoms with E-state index in [0.29, 0.717) is 54.2 Å². The van der Waals surface area contributed by atoms with Crippen LogP contribution in [0.1, 0.15) is 10.4 Å². The van der Waals surface area contributed by atoms with Crippen LogP contribution in [0.25, 0.3) is 33.3 Å². The third-order valence-electron chi connectivity index (χ3n) is 6.80. The summed E-state index contributed by atoms with van der Waals surface area (Å²) in [5.41, 5.74) is 3.31. The molecule has 8 heteroatoms. The van der Waals surface area contributed by atoms with Gasteiger partial charge in [-0.2, -0.15) is 0 Å². The van der Waals surface area contributed by atoms with E-state index < -0.39 is 5.97 Å². The molecule has 190 valence electrons. The lowest BCUT2D eigenvalue weighted by Gasteiger charge is -2.36. The van der Waals surface area contributed by atoms with Crippen LogP contribution in [0.3, 0.4) is 0 Å². The van der Waals surface area contributed by atoms with Crippen LogP contribution in [0.5, 0.6) is 0 Å². The van der Waals surface area contributed by atoms with Gasteiger partial charge in [-0.1, -0.05) is 36.4 Å². The molecule has 0 bridgehead atoms. The second-order valence-electron chi connectivity index (χ2n) is 9.12. The molecule has 6 rings (SSSR count). The van der Waals surface area contributed by atoms with Crippen molar-refractivity contribution in [2.24, 2.45) is 0 Å². The topological polar surface area (TPSA) is 75.9 Å². The number of rotatable bonds is 5. The fraction of sp³-hybridized carbons (Fsp3) is 0.167. The first-order chi connectivity index (χ1) is 18.6. The monoisotopic (exact) mass is 509 g/mol. The quantitative estimate of drug-likeness (QED) is 0.300. The molecule has 1 saturated heterocycles. The highest BCUT2D eigenvalue weighted by Gasteiger charge is 2.24. The maximum absolute atomic E-state index is 13.2. The molecule has 5 aromatic rings. The molecule has 0 saturated carbocycles. The predicted molar refractivity (Wildman–Crippen MR) is 142 cm³/mol.